The van der Waals surface area contributed by atoms with E-state index in [2.05, 4.69) is 61.8 Å². The van der Waals surface area contributed by atoms with Crippen LogP contribution < -0.4 is 15.5 Å². The predicted molar refractivity (Wildman–Crippen MR) is 131 cm³/mol. The summed E-state index contributed by atoms with van der Waals surface area (Å²) in [5.41, 5.74) is 2.58. The smallest absolute Gasteiger partial charge is 0.191 e. The Bertz CT molecular complexity index is 615. The fourth-order valence-corrected chi connectivity index (χ4v) is 3.83. The van der Waals surface area contributed by atoms with Crippen LogP contribution in [0.3, 0.4) is 0 Å². The lowest BCUT2D eigenvalue weighted by Gasteiger charge is -2.20. The highest BCUT2D eigenvalue weighted by Crippen LogP contribution is 2.18. The number of hydrogen-bond donors (Lipinski definition) is 2. The summed E-state index contributed by atoms with van der Waals surface area (Å²) >= 11 is 0. The van der Waals surface area contributed by atoms with Crippen LogP contribution in [0.15, 0.2) is 41.4 Å². The molecule has 5 nitrogen and oxygen atoms in total. The van der Waals surface area contributed by atoms with Gasteiger partial charge in [0.25, 0.3) is 0 Å². The largest absolute Gasteiger partial charge is 0.364 e. The van der Waals surface area contributed by atoms with Gasteiger partial charge in [-0.2, -0.15) is 0 Å². The van der Waals surface area contributed by atoms with Crippen LogP contribution in [0.25, 0.3) is 0 Å². The normalized spacial score (nSPS) is 17.9. The lowest BCUT2D eigenvalue weighted by atomic mass is 10.2. The minimum Gasteiger partial charge on any atom is -0.364 e. The molecule has 2 N–H and O–H groups in total. The highest BCUT2D eigenvalue weighted by Gasteiger charge is 2.09. The number of benzene rings is 1. The first-order valence-electron chi connectivity index (χ1n) is 10.5. The molecule has 0 bridgehead atoms. The van der Waals surface area contributed by atoms with Crippen LogP contribution in [0.4, 0.5) is 5.69 Å². The summed E-state index contributed by atoms with van der Waals surface area (Å²) in [6.07, 6.45) is 11.1. The van der Waals surface area contributed by atoms with Gasteiger partial charge in [0.05, 0.1) is 0 Å². The van der Waals surface area contributed by atoms with E-state index < -0.39 is 0 Å². The summed E-state index contributed by atoms with van der Waals surface area (Å²) in [5, 5.41) is 6.90. The molecule has 0 unspecified atom stereocenters. The van der Waals surface area contributed by atoms with Crippen molar-refractivity contribution < 1.29 is 0 Å². The van der Waals surface area contributed by atoms with Crippen molar-refractivity contribution in [3.05, 3.63) is 42.0 Å². The van der Waals surface area contributed by atoms with Gasteiger partial charge in [0.1, 0.15) is 0 Å². The fraction of sp³-hybridized carbons (Fsp3) is 0.591. The number of likely N-dealkylation sites (tertiary alicyclic amines) is 1. The lowest BCUT2D eigenvalue weighted by Crippen LogP contribution is -2.38. The maximum atomic E-state index is 4.36. The Morgan fingerprint density at radius 2 is 1.79 bits per heavy atom. The summed E-state index contributed by atoms with van der Waals surface area (Å²) in [5.74, 6) is 0.888. The Morgan fingerprint density at radius 3 is 2.50 bits per heavy atom. The summed E-state index contributed by atoms with van der Waals surface area (Å²) in [6.45, 7) is 7.52. The quantitative estimate of drug-likeness (QED) is 0.199. The monoisotopic (exact) mass is 497 g/mol. The van der Waals surface area contributed by atoms with E-state index in [0.29, 0.717) is 0 Å². The number of hydrogen-bond acceptors (Lipinski definition) is 3. The Balaban J connectivity index is 0.00000280. The van der Waals surface area contributed by atoms with Gasteiger partial charge in [0.2, 0.25) is 0 Å². The second-order valence-corrected chi connectivity index (χ2v) is 7.51. The molecule has 0 amide bonds. The van der Waals surface area contributed by atoms with E-state index in [9.17, 15) is 0 Å². The highest BCUT2D eigenvalue weighted by molar-refractivity contribution is 14.0. The van der Waals surface area contributed by atoms with Gasteiger partial charge >= 0.3 is 0 Å². The highest BCUT2D eigenvalue weighted by atomic mass is 127. The Hall–Kier alpha value is -1.28. The maximum absolute atomic E-state index is 4.36. The standard InChI is InChI=1S/C22H35N5.HI/c1-23-22(24-12-9-15-26-13-4-2-3-5-14-26)25-19-20-10-8-11-21(18-20)27-16-6-7-17-27;/h6-8,10-11,18H,2-5,9,12-17,19H2,1H3,(H2,23,24,25);1H. The maximum Gasteiger partial charge on any atom is 0.191 e. The molecule has 2 aliphatic rings. The average Bonchev–Trinajstić information content (AvgIpc) is 3.12. The van der Waals surface area contributed by atoms with E-state index in [1.807, 2.05) is 7.05 Å². The molecular weight excluding hydrogens is 461 g/mol. The number of nitrogens with zero attached hydrogens (tertiary/aromatic N) is 3. The summed E-state index contributed by atoms with van der Waals surface area (Å²) in [4.78, 5) is 9.35. The zero-order valence-electron chi connectivity index (χ0n) is 17.2. The van der Waals surface area contributed by atoms with E-state index >= 15 is 0 Å². The van der Waals surface area contributed by atoms with Crippen molar-refractivity contribution in [1.29, 1.82) is 0 Å². The number of rotatable bonds is 7. The van der Waals surface area contributed by atoms with Crippen LogP contribution >= 0.6 is 24.0 Å². The molecule has 0 radical (unpaired) electrons. The molecule has 1 aromatic carbocycles. The van der Waals surface area contributed by atoms with E-state index in [1.54, 1.807) is 0 Å². The minimum atomic E-state index is 0. The first-order chi connectivity index (χ1) is 13.3. The van der Waals surface area contributed by atoms with Gasteiger partial charge in [0.15, 0.2) is 5.96 Å². The Labute approximate surface area is 187 Å². The number of aliphatic imine (C=N–C) groups is 1. The molecule has 6 heteroatoms. The van der Waals surface area contributed by atoms with Crippen molar-refractivity contribution in [2.24, 2.45) is 4.99 Å². The third-order valence-corrected chi connectivity index (χ3v) is 5.42. The first-order valence-corrected chi connectivity index (χ1v) is 10.5. The van der Waals surface area contributed by atoms with Gasteiger partial charge in [-0.25, -0.2) is 0 Å². The van der Waals surface area contributed by atoms with Gasteiger partial charge in [-0.15, -0.1) is 24.0 Å². The van der Waals surface area contributed by atoms with Gasteiger partial charge < -0.3 is 20.4 Å². The first kappa shape index (κ1) is 23.0. The minimum absolute atomic E-state index is 0. The molecule has 156 valence electrons. The second-order valence-electron chi connectivity index (χ2n) is 7.51. The van der Waals surface area contributed by atoms with E-state index in [1.165, 1.54) is 56.6 Å². The van der Waals surface area contributed by atoms with E-state index in [4.69, 9.17) is 0 Å². The molecule has 3 rings (SSSR count). The Morgan fingerprint density at radius 1 is 1.04 bits per heavy atom. The molecule has 2 aliphatic heterocycles. The lowest BCUT2D eigenvalue weighted by molar-refractivity contribution is 0.282. The van der Waals surface area contributed by atoms with Crippen molar-refractivity contribution in [3.63, 3.8) is 0 Å². The van der Waals surface area contributed by atoms with Gasteiger partial charge in [-0.3, -0.25) is 4.99 Å². The van der Waals surface area contributed by atoms with E-state index in [-0.39, 0.29) is 24.0 Å². The van der Waals surface area contributed by atoms with Crippen LogP contribution in [0.1, 0.15) is 37.7 Å². The van der Waals surface area contributed by atoms with Crippen LogP contribution in [-0.2, 0) is 6.54 Å². The SMILES string of the molecule is CN=C(NCCCN1CCCCCC1)NCc1cccc(N2CC=CC2)c1.I. The molecule has 1 fully saturated rings. The third kappa shape index (κ3) is 7.62. The number of nitrogens with one attached hydrogen (secondary N) is 2. The molecule has 1 saturated heterocycles. The molecule has 0 atom stereocenters. The van der Waals surface area contributed by atoms with Crippen LogP contribution in [0.2, 0.25) is 0 Å². The topological polar surface area (TPSA) is 42.9 Å². The number of anilines is 1. The van der Waals surface area contributed by atoms with Crippen molar-refractivity contribution in [1.82, 2.24) is 15.5 Å². The summed E-state index contributed by atoms with van der Waals surface area (Å²) in [7, 11) is 1.84. The third-order valence-electron chi connectivity index (χ3n) is 5.42. The zero-order chi connectivity index (χ0) is 18.7. The fourth-order valence-electron chi connectivity index (χ4n) is 3.83. The molecule has 0 aliphatic carbocycles. The molecule has 0 spiro atoms. The van der Waals surface area contributed by atoms with Gasteiger partial charge in [0, 0.05) is 38.9 Å². The van der Waals surface area contributed by atoms with E-state index in [0.717, 1.165) is 38.6 Å². The Kier molecular flexibility index (Phi) is 10.7. The summed E-state index contributed by atoms with van der Waals surface area (Å²) < 4.78 is 0. The van der Waals surface area contributed by atoms with Crippen molar-refractivity contribution in [3.8, 4) is 0 Å². The van der Waals surface area contributed by atoms with Crippen molar-refractivity contribution in [2.45, 2.75) is 38.6 Å². The van der Waals surface area contributed by atoms with Gasteiger partial charge in [-0.1, -0.05) is 37.1 Å². The molecular formula is C22H36IN5. The van der Waals surface area contributed by atoms with Crippen molar-refractivity contribution in [2.75, 3.05) is 51.2 Å². The van der Waals surface area contributed by atoms with Crippen molar-refractivity contribution >= 4 is 35.6 Å². The van der Waals surface area contributed by atoms with Crippen LogP contribution in [0, 0.1) is 0 Å². The second kappa shape index (κ2) is 13.0. The molecule has 1 aromatic rings. The zero-order valence-corrected chi connectivity index (χ0v) is 19.5. The average molecular weight is 497 g/mol. The summed E-state index contributed by atoms with van der Waals surface area (Å²) in [6, 6.07) is 8.77. The van der Waals surface area contributed by atoms with Crippen LogP contribution in [-0.4, -0.2) is 57.2 Å². The molecule has 28 heavy (non-hydrogen) atoms. The van der Waals surface area contributed by atoms with Crippen LogP contribution in [0.5, 0.6) is 0 Å². The number of guanidine groups is 1. The number of halogens is 1. The molecule has 0 aromatic heterocycles. The predicted octanol–water partition coefficient (Wildman–Crippen LogP) is 3.61. The molecule has 2 heterocycles. The molecule has 0 saturated carbocycles. The van der Waals surface area contributed by atoms with Gasteiger partial charge in [-0.05, 0) is 56.6 Å².